The van der Waals surface area contributed by atoms with Crippen molar-refractivity contribution in [2.24, 2.45) is 0 Å². The maximum atomic E-state index is 12.6. The van der Waals surface area contributed by atoms with Crippen molar-refractivity contribution in [1.82, 2.24) is 15.5 Å². The van der Waals surface area contributed by atoms with E-state index >= 15 is 0 Å². The van der Waals surface area contributed by atoms with Gasteiger partial charge in [-0.05, 0) is 71.6 Å². The molecule has 0 unspecified atom stereocenters. The average Bonchev–Trinajstić information content (AvgIpc) is 2.86. The van der Waals surface area contributed by atoms with Gasteiger partial charge in [0.1, 0.15) is 17.4 Å². The highest BCUT2D eigenvalue weighted by molar-refractivity contribution is 5.68. The molecule has 2 aromatic rings. The van der Waals surface area contributed by atoms with Crippen LogP contribution in [0.1, 0.15) is 52.7 Å². The zero-order chi connectivity index (χ0) is 30.8. The number of ether oxygens (including phenoxy) is 2. The van der Waals surface area contributed by atoms with Crippen LogP contribution in [0.4, 0.5) is 9.59 Å². The number of rotatable bonds is 13. The fourth-order valence-electron chi connectivity index (χ4n) is 4.67. The van der Waals surface area contributed by atoms with Gasteiger partial charge in [-0.2, -0.15) is 0 Å². The first kappa shape index (κ1) is 33.9. The molecule has 4 N–H and O–H groups in total. The van der Waals surface area contributed by atoms with Crippen molar-refractivity contribution in [3.05, 3.63) is 65.7 Å². The smallest absolute Gasteiger partial charge is 0.407 e. The number of aliphatic hydroxyl groups is 2. The Labute approximate surface area is 243 Å². The van der Waals surface area contributed by atoms with Crippen LogP contribution in [0.5, 0.6) is 5.75 Å². The number of carbonyl (C=O) groups excluding carboxylic acids is 2. The summed E-state index contributed by atoms with van der Waals surface area (Å²) >= 11 is 0. The van der Waals surface area contributed by atoms with Crippen LogP contribution in [0, 0.1) is 0 Å². The molecule has 4 atom stereocenters. The molecule has 0 fully saturated rings. The van der Waals surface area contributed by atoms with E-state index < -0.39 is 47.6 Å². The van der Waals surface area contributed by atoms with Gasteiger partial charge in [-0.15, -0.1) is 0 Å². The van der Waals surface area contributed by atoms with Gasteiger partial charge in [0, 0.05) is 18.6 Å². The van der Waals surface area contributed by atoms with Crippen LogP contribution >= 0.6 is 0 Å². The standard InChI is InChI=1S/C31H47N3O7/c1-30(2,3)34(29(38)39)24(17-21-13-9-8-10-14-21)26(36)20-32-19-25(35)23(33-28(37)41-31(4,5)6)18-22-15-11-12-16-27(22)40-7/h8-16,23-26,32,35-36H,17-20H2,1-7H3,(H,33,37)(H,38,39)/p-1/t23-,24-,25+,26+/m0/s1. The Morgan fingerprint density at radius 1 is 0.902 bits per heavy atom. The number of aliphatic hydroxyl groups excluding tert-OH is 2. The number of methoxy groups -OCH3 is 1. The molecule has 2 rings (SSSR count). The van der Waals surface area contributed by atoms with Gasteiger partial charge in [0.15, 0.2) is 0 Å². The van der Waals surface area contributed by atoms with Gasteiger partial charge in [0.05, 0.1) is 31.4 Å². The zero-order valence-corrected chi connectivity index (χ0v) is 25.2. The number of amides is 2. The summed E-state index contributed by atoms with van der Waals surface area (Å²) in [4.78, 5) is 25.9. The van der Waals surface area contributed by atoms with Crippen molar-refractivity contribution in [2.75, 3.05) is 20.2 Å². The Kier molecular flexibility index (Phi) is 12.4. The highest BCUT2D eigenvalue weighted by Gasteiger charge is 2.34. The molecule has 0 radical (unpaired) electrons. The van der Waals surface area contributed by atoms with E-state index in [0.29, 0.717) is 5.75 Å². The van der Waals surface area contributed by atoms with Crippen molar-refractivity contribution in [3.8, 4) is 5.75 Å². The third-order valence-electron chi connectivity index (χ3n) is 6.49. The molecule has 0 aliphatic heterocycles. The quantitative estimate of drug-likeness (QED) is 0.287. The van der Waals surface area contributed by atoms with Gasteiger partial charge < -0.3 is 45.1 Å². The number of nitrogens with zero attached hydrogens (tertiary/aromatic N) is 1. The third-order valence-corrected chi connectivity index (χ3v) is 6.49. The molecule has 0 saturated heterocycles. The number of benzene rings is 2. The molecule has 0 bridgehead atoms. The molecule has 228 valence electrons. The summed E-state index contributed by atoms with van der Waals surface area (Å²) in [7, 11) is 1.55. The van der Waals surface area contributed by atoms with E-state index in [4.69, 9.17) is 9.47 Å². The number of carboxylic acid groups (broad SMARTS) is 1. The van der Waals surface area contributed by atoms with Gasteiger partial charge >= 0.3 is 6.09 Å². The number of para-hydroxylation sites is 1. The molecule has 0 saturated carbocycles. The Hall–Kier alpha value is -3.34. The van der Waals surface area contributed by atoms with Crippen molar-refractivity contribution in [1.29, 1.82) is 0 Å². The van der Waals surface area contributed by atoms with Crippen molar-refractivity contribution in [3.63, 3.8) is 0 Å². The van der Waals surface area contributed by atoms with E-state index in [1.54, 1.807) is 54.7 Å². The van der Waals surface area contributed by atoms with Crippen LogP contribution in [0.15, 0.2) is 54.6 Å². The minimum absolute atomic E-state index is 0.00553. The molecule has 10 heteroatoms. The Morgan fingerprint density at radius 2 is 1.49 bits per heavy atom. The van der Waals surface area contributed by atoms with E-state index in [0.717, 1.165) is 16.0 Å². The molecule has 0 aromatic heterocycles. The first-order valence-corrected chi connectivity index (χ1v) is 13.8. The summed E-state index contributed by atoms with van der Waals surface area (Å²) in [6.45, 7) is 10.5. The summed E-state index contributed by atoms with van der Waals surface area (Å²) < 4.78 is 10.8. The summed E-state index contributed by atoms with van der Waals surface area (Å²) in [6.07, 6.45) is -3.72. The Bertz CT molecular complexity index is 1100. The van der Waals surface area contributed by atoms with Crippen LogP contribution in [-0.4, -0.2) is 82.9 Å². The monoisotopic (exact) mass is 572 g/mol. The predicted octanol–water partition coefficient (Wildman–Crippen LogP) is 2.50. The van der Waals surface area contributed by atoms with E-state index in [-0.39, 0.29) is 25.9 Å². The lowest BCUT2D eigenvalue weighted by Gasteiger charge is -2.45. The lowest BCUT2D eigenvalue weighted by Crippen LogP contribution is -2.62. The van der Waals surface area contributed by atoms with Crippen LogP contribution in [0.3, 0.4) is 0 Å². The summed E-state index contributed by atoms with van der Waals surface area (Å²) in [5.41, 5.74) is 0.104. The Morgan fingerprint density at radius 3 is 2.05 bits per heavy atom. The van der Waals surface area contributed by atoms with E-state index in [2.05, 4.69) is 10.6 Å². The van der Waals surface area contributed by atoms with Gasteiger partial charge in [0.25, 0.3) is 0 Å². The highest BCUT2D eigenvalue weighted by Crippen LogP contribution is 2.23. The lowest BCUT2D eigenvalue weighted by atomic mass is 9.94. The Balaban J connectivity index is 2.18. The van der Waals surface area contributed by atoms with Gasteiger partial charge in [0.2, 0.25) is 0 Å². The fraction of sp³-hybridized carbons (Fsp3) is 0.548. The molecule has 10 nitrogen and oxygen atoms in total. The molecule has 2 amide bonds. The maximum Gasteiger partial charge on any atom is 0.407 e. The average molecular weight is 573 g/mol. The van der Waals surface area contributed by atoms with Crippen LogP contribution in [-0.2, 0) is 17.6 Å². The minimum atomic E-state index is -1.38. The topological polar surface area (TPSA) is 143 Å². The highest BCUT2D eigenvalue weighted by atomic mass is 16.6. The molecule has 41 heavy (non-hydrogen) atoms. The largest absolute Gasteiger partial charge is 0.530 e. The maximum absolute atomic E-state index is 12.6. The second-order valence-electron chi connectivity index (χ2n) is 12.1. The van der Waals surface area contributed by atoms with Crippen molar-refractivity contribution in [2.45, 2.75) is 89.8 Å². The number of nitrogens with one attached hydrogen (secondary N) is 2. The molecule has 2 aromatic carbocycles. The molecular formula is C31H46N3O7-. The molecule has 0 heterocycles. The molecular weight excluding hydrogens is 526 g/mol. The first-order chi connectivity index (χ1) is 19.1. The van der Waals surface area contributed by atoms with E-state index in [9.17, 15) is 24.9 Å². The van der Waals surface area contributed by atoms with Crippen LogP contribution in [0.2, 0.25) is 0 Å². The first-order valence-electron chi connectivity index (χ1n) is 13.8. The molecule has 0 spiro atoms. The summed E-state index contributed by atoms with van der Waals surface area (Å²) in [6, 6.07) is 15.1. The predicted molar refractivity (Wildman–Crippen MR) is 156 cm³/mol. The SMILES string of the molecule is COc1ccccc1C[C@H](NC(=O)OC(C)(C)C)[C@H](O)CNC[C@@H](O)[C@H](Cc1ccccc1)N(C(=O)[O-])C(C)(C)C. The third kappa shape index (κ3) is 11.2. The van der Waals surface area contributed by atoms with Crippen LogP contribution < -0.4 is 20.5 Å². The summed E-state index contributed by atoms with van der Waals surface area (Å²) in [5, 5.41) is 40.3. The number of alkyl carbamates (subject to hydrolysis) is 1. The number of hydrogen-bond acceptors (Lipinski definition) is 8. The second kappa shape index (κ2) is 15.0. The molecule has 0 aliphatic rings. The van der Waals surface area contributed by atoms with Gasteiger partial charge in [-0.25, -0.2) is 4.79 Å². The summed E-state index contributed by atoms with van der Waals surface area (Å²) in [5.74, 6) is 0.618. The van der Waals surface area contributed by atoms with Crippen molar-refractivity contribution >= 4 is 12.2 Å². The van der Waals surface area contributed by atoms with E-state index in [1.807, 2.05) is 48.5 Å². The van der Waals surface area contributed by atoms with Crippen LogP contribution in [0.25, 0.3) is 0 Å². The molecule has 0 aliphatic carbocycles. The minimum Gasteiger partial charge on any atom is -0.530 e. The zero-order valence-electron chi connectivity index (χ0n) is 25.2. The number of hydrogen-bond donors (Lipinski definition) is 4. The fourth-order valence-corrected chi connectivity index (χ4v) is 4.67. The lowest BCUT2D eigenvalue weighted by molar-refractivity contribution is -0.275. The normalized spacial score (nSPS) is 14.9. The van der Waals surface area contributed by atoms with Gasteiger partial charge in [-0.1, -0.05) is 48.5 Å². The number of carbonyl (C=O) groups is 2. The van der Waals surface area contributed by atoms with E-state index in [1.165, 1.54) is 0 Å². The van der Waals surface area contributed by atoms with Gasteiger partial charge in [-0.3, -0.25) is 0 Å². The second-order valence-corrected chi connectivity index (χ2v) is 12.1. The van der Waals surface area contributed by atoms with Crippen molar-refractivity contribution < 1.29 is 34.4 Å².